The highest BCUT2D eigenvalue weighted by molar-refractivity contribution is 5.58. The molecule has 2 heterocycles. The molecule has 5 nitrogen and oxygen atoms in total. The summed E-state index contributed by atoms with van der Waals surface area (Å²) in [6.45, 7) is -2.63. The highest BCUT2D eigenvalue weighted by atomic mass is 19.3. The maximum atomic E-state index is 12.1. The molecule has 1 N–H and O–H groups in total. The molecule has 0 radical (unpaired) electrons. The van der Waals surface area contributed by atoms with Gasteiger partial charge >= 0.3 is 6.61 Å². The topological polar surface area (TPSA) is 60.2 Å². The molecule has 7 heteroatoms. The number of alkyl halides is 2. The molecule has 0 aliphatic rings. The molecule has 24 heavy (non-hydrogen) atoms. The first-order valence-electron chi connectivity index (χ1n) is 7.28. The summed E-state index contributed by atoms with van der Waals surface area (Å²) in [6.07, 6.45) is 4.20. The number of nitrogens with zero attached hydrogens (tertiary/aromatic N) is 3. The third kappa shape index (κ3) is 3.75. The van der Waals surface area contributed by atoms with Gasteiger partial charge in [-0.1, -0.05) is 12.1 Å². The maximum Gasteiger partial charge on any atom is 0.387 e. The van der Waals surface area contributed by atoms with Gasteiger partial charge in [-0.25, -0.2) is 0 Å². The summed E-state index contributed by atoms with van der Waals surface area (Å²) >= 11 is 0. The molecular formula is C17H15F2N3O2. The van der Waals surface area contributed by atoms with Crippen LogP contribution in [0, 0.1) is 0 Å². The lowest BCUT2D eigenvalue weighted by molar-refractivity contribution is -0.0498. The van der Waals surface area contributed by atoms with Crippen LogP contribution in [0.15, 0.2) is 61.1 Å². The zero-order valence-corrected chi connectivity index (χ0v) is 12.6. The van der Waals surface area contributed by atoms with Gasteiger partial charge in [-0.3, -0.25) is 9.67 Å². The Morgan fingerprint density at radius 1 is 1.00 bits per heavy atom. The summed E-state index contributed by atoms with van der Waals surface area (Å²) in [5, 5.41) is 14.6. The molecule has 0 saturated carbocycles. The van der Waals surface area contributed by atoms with Crippen molar-refractivity contribution in [3.05, 3.63) is 66.6 Å². The Labute approximate surface area is 137 Å². The van der Waals surface area contributed by atoms with Crippen molar-refractivity contribution in [1.29, 1.82) is 0 Å². The van der Waals surface area contributed by atoms with E-state index in [0.29, 0.717) is 5.56 Å². The van der Waals surface area contributed by atoms with Crippen LogP contribution >= 0.6 is 0 Å². The minimum Gasteiger partial charge on any atom is -0.435 e. The SMILES string of the molecule is OC(Cn1nccc1-c1ccncc1)c1ccc(OC(F)F)cc1. The average Bonchev–Trinajstić information content (AvgIpc) is 3.04. The number of hydrogen-bond acceptors (Lipinski definition) is 4. The summed E-state index contributed by atoms with van der Waals surface area (Å²) in [5.74, 6) is 0.0533. The summed E-state index contributed by atoms with van der Waals surface area (Å²) in [5.41, 5.74) is 2.39. The Hall–Kier alpha value is -2.80. The normalized spacial score (nSPS) is 12.3. The van der Waals surface area contributed by atoms with Crippen LogP contribution < -0.4 is 4.74 Å². The average molecular weight is 331 g/mol. The Balaban J connectivity index is 1.74. The van der Waals surface area contributed by atoms with Crippen molar-refractivity contribution in [2.75, 3.05) is 0 Å². The van der Waals surface area contributed by atoms with Crippen LogP contribution in [-0.4, -0.2) is 26.5 Å². The van der Waals surface area contributed by atoms with Crippen LogP contribution in [-0.2, 0) is 6.54 Å². The number of ether oxygens (including phenoxy) is 1. The molecule has 0 saturated heterocycles. The van der Waals surface area contributed by atoms with E-state index in [9.17, 15) is 13.9 Å². The summed E-state index contributed by atoms with van der Waals surface area (Å²) in [6, 6.07) is 11.5. The van der Waals surface area contributed by atoms with Gasteiger partial charge in [-0.05, 0) is 35.9 Å². The van der Waals surface area contributed by atoms with Gasteiger partial charge in [-0.2, -0.15) is 13.9 Å². The number of rotatable bonds is 6. The number of halogens is 2. The van der Waals surface area contributed by atoms with Crippen LogP contribution in [0.4, 0.5) is 8.78 Å². The van der Waals surface area contributed by atoms with E-state index < -0.39 is 12.7 Å². The number of aliphatic hydroxyl groups excluding tert-OH is 1. The predicted octanol–water partition coefficient (Wildman–Crippen LogP) is 3.28. The van der Waals surface area contributed by atoms with Crippen molar-refractivity contribution in [1.82, 2.24) is 14.8 Å². The molecule has 0 amide bonds. The molecule has 1 atom stereocenters. The molecule has 3 aromatic rings. The molecule has 2 aromatic heterocycles. The minimum absolute atomic E-state index is 0.0533. The fourth-order valence-corrected chi connectivity index (χ4v) is 2.39. The molecule has 0 aliphatic heterocycles. The van der Waals surface area contributed by atoms with Crippen LogP contribution in [0.2, 0.25) is 0 Å². The minimum atomic E-state index is -2.87. The number of pyridine rings is 1. The predicted molar refractivity (Wildman–Crippen MR) is 83.5 cm³/mol. The molecular weight excluding hydrogens is 316 g/mol. The molecule has 0 aliphatic carbocycles. The van der Waals surface area contributed by atoms with Crippen molar-refractivity contribution in [3.63, 3.8) is 0 Å². The van der Waals surface area contributed by atoms with Crippen molar-refractivity contribution < 1.29 is 18.6 Å². The summed E-state index contributed by atoms with van der Waals surface area (Å²) in [7, 11) is 0. The molecule has 0 bridgehead atoms. The van der Waals surface area contributed by atoms with Gasteiger partial charge in [0.05, 0.1) is 18.3 Å². The van der Waals surface area contributed by atoms with E-state index in [2.05, 4.69) is 14.8 Å². The largest absolute Gasteiger partial charge is 0.435 e. The zero-order valence-electron chi connectivity index (χ0n) is 12.6. The zero-order chi connectivity index (χ0) is 16.9. The van der Waals surface area contributed by atoms with E-state index in [-0.39, 0.29) is 12.3 Å². The summed E-state index contributed by atoms with van der Waals surface area (Å²) < 4.78 is 30.3. The van der Waals surface area contributed by atoms with Gasteiger partial charge in [0.25, 0.3) is 0 Å². The lowest BCUT2D eigenvalue weighted by Crippen LogP contribution is -2.11. The van der Waals surface area contributed by atoms with E-state index >= 15 is 0 Å². The van der Waals surface area contributed by atoms with E-state index in [1.54, 1.807) is 35.4 Å². The molecule has 124 valence electrons. The smallest absolute Gasteiger partial charge is 0.387 e. The summed E-state index contributed by atoms with van der Waals surface area (Å²) in [4.78, 5) is 3.98. The van der Waals surface area contributed by atoms with E-state index in [1.807, 2.05) is 18.2 Å². The number of benzene rings is 1. The van der Waals surface area contributed by atoms with Gasteiger partial charge in [-0.15, -0.1) is 0 Å². The Bertz CT molecular complexity index is 776. The van der Waals surface area contributed by atoms with Gasteiger partial charge in [0.15, 0.2) is 0 Å². The third-order valence-electron chi connectivity index (χ3n) is 3.53. The van der Waals surface area contributed by atoms with Crippen LogP contribution in [0.1, 0.15) is 11.7 Å². The van der Waals surface area contributed by atoms with Crippen molar-refractivity contribution in [2.45, 2.75) is 19.3 Å². The van der Waals surface area contributed by atoms with Gasteiger partial charge in [0.1, 0.15) is 5.75 Å². The van der Waals surface area contributed by atoms with E-state index in [1.165, 1.54) is 12.1 Å². The van der Waals surface area contributed by atoms with E-state index in [0.717, 1.165) is 11.3 Å². The Morgan fingerprint density at radius 2 is 1.71 bits per heavy atom. The molecule has 1 unspecified atom stereocenters. The first kappa shape index (κ1) is 16.1. The quantitative estimate of drug-likeness (QED) is 0.753. The standard InChI is InChI=1S/C17H15F2N3O2/c18-17(19)24-14-3-1-13(2-4-14)16(23)11-22-15(7-10-21-22)12-5-8-20-9-6-12/h1-10,16-17,23H,11H2. The molecule has 0 spiro atoms. The van der Waals surface area contributed by atoms with Crippen molar-refractivity contribution in [2.24, 2.45) is 0 Å². The lowest BCUT2D eigenvalue weighted by Gasteiger charge is -2.14. The number of aliphatic hydroxyl groups is 1. The first-order chi connectivity index (χ1) is 11.6. The molecule has 1 aromatic carbocycles. The maximum absolute atomic E-state index is 12.1. The van der Waals surface area contributed by atoms with E-state index in [4.69, 9.17) is 0 Å². The second-order valence-electron chi connectivity index (χ2n) is 5.10. The van der Waals surface area contributed by atoms with Gasteiger partial charge in [0, 0.05) is 24.2 Å². The second-order valence-corrected chi connectivity index (χ2v) is 5.10. The second kappa shape index (κ2) is 7.18. The van der Waals surface area contributed by atoms with Gasteiger partial charge in [0.2, 0.25) is 0 Å². The highest BCUT2D eigenvalue weighted by Gasteiger charge is 2.13. The van der Waals surface area contributed by atoms with Crippen LogP contribution in [0.5, 0.6) is 5.75 Å². The number of aromatic nitrogens is 3. The monoisotopic (exact) mass is 331 g/mol. The molecule has 0 fully saturated rings. The lowest BCUT2D eigenvalue weighted by atomic mass is 10.1. The van der Waals surface area contributed by atoms with Gasteiger partial charge < -0.3 is 9.84 Å². The first-order valence-corrected chi connectivity index (χ1v) is 7.28. The Kier molecular flexibility index (Phi) is 4.81. The molecule has 3 rings (SSSR count). The van der Waals surface area contributed by atoms with Crippen LogP contribution in [0.3, 0.4) is 0 Å². The fourth-order valence-electron chi connectivity index (χ4n) is 2.39. The van der Waals surface area contributed by atoms with Crippen molar-refractivity contribution >= 4 is 0 Å². The van der Waals surface area contributed by atoms with Crippen molar-refractivity contribution in [3.8, 4) is 17.0 Å². The third-order valence-corrected chi connectivity index (χ3v) is 3.53. The highest BCUT2D eigenvalue weighted by Crippen LogP contribution is 2.23. The Morgan fingerprint density at radius 3 is 2.38 bits per heavy atom. The number of hydrogen-bond donors (Lipinski definition) is 1. The van der Waals surface area contributed by atoms with Crippen LogP contribution in [0.25, 0.3) is 11.3 Å². The fraction of sp³-hybridized carbons (Fsp3) is 0.176.